The van der Waals surface area contributed by atoms with Gasteiger partial charge in [0.2, 0.25) is 0 Å². The maximum Gasteiger partial charge on any atom is 0.163 e. The van der Waals surface area contributed by atoms with Gasteiger partial charge in [-0.25, -0.2) is 9.97 Å². The monoisotopic (exact) mass is 305 g/mol. The number of rotatable bonds is 3. The van der Waals surface area contributed by atoms with Crippen LogP contribution in [0.1, 0.15) is 19.2 Å². The average molecular weight is 306 g/mol. The summed E-state index contributed by atoms with van der Waals surface area (Å²) in [6.07, 6.45) is 1.62. The molecule has 1 aromatic carbocycles. The molecule has 110 valence electrons. The van der Waals surface area contributed by atoms with Gasteiger partial charge < -0.3 is 14.8 Å². The van der Waals surface area contributed by atoms with Gasteiger partial charge in [-0.2, -0.15) is 0 Å². The fourth-order valence-electron chi connectivity index (χ4n) is 2.08. The highest BCUT2D eigenvalue weighted by Crippen LogP contribution is 2.33. The first kappa shape index (κ1) is 13.9. The lowest BCUT2D eigenvalue weighted by Crippen LogP contribution is -2.00. The Morgan fingerprint density at radius 3 is 2.76 bits per heavy atom. The lowest BCUT2D eigenvalue weighted by Gasteiger charge is -2.11. The summed E-state index contributed by atoms with van der Waals surface area (Å²) in [7, 11) is 0. The fraction of sp³-hybridized carbons (Fsp3) is 0.333. The Morgan fingerprint density at radius 1 is 1.14 bits per heavy atom. The number of hydrogen-bond donors (Lipinski definition) is 1. The summed E-state index contributed by atoms with van der Waals surface area (Å²) < 4.78 is 11.3. The quantitative estimate of drug-likeness (QED) is 0.878. The zero-order valence-electron chi connectivity index (χ0n) is 11.7. The second-order valence-corrected chi connectivity index (χ2v) is 5.07. The Bertz CT molecular complexity index is 649. The molecule has 1 N–H and O–H groups in total. The highest BCUT2D eigenvalue weighted by molar-refractivity contribution is 6.29. The Balaban J connectivity index is 1.85. The molecule has 0 aliphatic carbocycles. The molecule has 0 atom stereocenters. The molecule has 0 fully saturated rings. The van der Waals surface area contributed by atoms with Crippen LogP contribution in [0.15, 0.2) is 24.3 Å². The van der Waals surface area contributed by atoms with E-state index in [2.05, 4.69) is 15.3 Å². The number of aryl methyl sites for hydroxylation is 1. The topological polar surface area (TPSA) is 56.3 Å². The molecule has 0 saturated carbocycles. The second kappa shape index (κ2) is 6.18. The van der Waals surface area contributed by atoms with Crippen molar-refractivity contribution in [2.24, 2.45) is 0 Å². The average Bonchev–Trinajstić information content (AvgIpc) is 2.71. The number of fused-ring (bicyclic) bond motifs is 1. The van der Waals surface area contributed by atoms with Crippen molar-refractivity contribution in [3.8, 4) is 11.5 Å². The number of benzene rings is 1. The van der Waals surface area contributed by atoms with Crippen LogP contribution in [-0.4, -0.2) is 23.2 Å². The molecule has 0 unspecified atom stereocenters. The van der Waals surface area contributed by atoms with Crippen LogP contribution in [0.5, 0.6) is 11.5 Å². The van der Waals surface area contributed by atoms with Gasteiger partial charge in [0.25, 0.3) is 0 Å². The minimum atomic E-state index is 0.429. The van der Waals surface area contributed by atoms with Crippen molar-refractivity contribution in [2.75, 3.05) is 18.5 Å². The van der Waals surface area contributed by atoms with Crippen LogP contribution in [0.3, 0.4) is 0 Å². The zero-order chi connectivity index (χ0) is 14.7. The van der Waals surface area contributed by atoms with E-state index in [9.17, 15) is 0 Å². The number of hydrogen-bond acceptors (Lipinski definition) is 5. The molecule has 6 heteroatoms. The molecule has 2 heterocycles. The molecule has 0 bridgehead atoms. The minimum Gasteiger partial charge on any atom is -0.490 e. The number of halogens is 1. The van der Waals surface area contributed by atoms with Gasteiger partial charge in [0.05, 0.1) is 13.2 Å². The van der Waals surface area contributed by atoms with Crippen molar-refractivity contribution in [1.82, 2.24) is 9.97 Å². The Hall–Kier alpha value is -2.01. The second-order valence-electron chi connectivity index (χ2n) is 4.68. The predicted molar refractivity (Wildman–Crippen MR) is 81.8 cm³/mol. The van der Waals surface area contributed by atoms with Crippen molar-refractivity contribution >= 4 is 23.1 Å². The van der Waals surface area contributed by atoms with E-state index >= 15 is 0 Å². The first-order valence-corrected chi connectivity index (χ1v) is 7.32. The van der Waals surface area contributed by atoms with E-state index in [-0.39, 0.29) is 0 Å². The van der Waals surface area contributed by atoms with Gasteiger partial charge in [-0.3, -0.25) is 0 Å². The molecule has 0 spiro atoms. The van der Waals surface area contributed by atoms with E-state index in [0.29, 0.717) is 30.0 Å². The number of aromatic nitrogens is 2. The largest absolute Gasteiger partial charge is 0.490 e. The highest BCUT2D eigenvalue weighted by atomic mass is 35.5. The van der Waals surface area contributed by atoms with Crippen LogP contribution in [-0.2, 0) is 6.42 Å². The molecule has 21 heavy (non-hydrogen) atoms. The summed E-state index contributed by atoms with van der Waals surface area (Å²) >= 11 is 6.00. The van der Waals surface area contributed by atoms with E-state index in [4.69, 9.17) is 21.1 Å². The number of anilines is 2. The van der Waals surface area contributed by atoms with Crippen LogP contribution >= 0.6 is 11.6 Å². The van der Waals surface area contributed by atoms with Crippen LogP contribution in [0.25, 0.3) is 0 Å². The van der Waals surface area contributed by atoms with Gasteiger partial charge in [0.1, 0.15) is 16.8 Å². The van der Waals surface area contributed by atoms with Crippen molar-refractivity contribution in [3.63, 3.8) is 0 Å². The normalized spacial score (nSPS) is 13.6. The van der Waals surface area contributed by atoms with Crippen LogP contribution in [0.4, 0.5) is 11.5 Å². The van der Waals surface area contributed by atoms with Crippen LogP contribution < -0.4 is 14.8 Å². The summed E-state index contributed by atoms with van der Waals surface area (Å²) in [5, 5.41) is 3.65. The van der Waals surface area contributed by atoms with Gasteiger partial charge in [-0.1, -0.05) is 18.5 Å². The lowest BCUT2D eigenvalue weighted by atomic mass is 10.2. The molecule has 1 aromatic heterocycles. The first-order chi connectivity index (χ1) is 10.2. The summed E-state index contributed by atoms with van der Waals surface area (Å²) in [4.78, 5) is 8.55. The van der Waals surface area contributed by atoms with E-state index in [1.807, 2.05) is 25.1 Å². The molecule has 1 aliphatic rings. The molecule has 0 saturated heterocycles. The predicted octanol–water partition coefficient (Wildman–Crippen LogP) is 3.60. The van der Waals surface area contributed by atoms with Crippen molar-refractivity contribution in [1.29, 1.82) is 0 Å². The van der Waals surface area contributed by atoms with E-state index in [0.717, 1.165) is 30.0 Å². The summed E-state index contributed by atoms with van der Waals surface area (Å²) in [5.74, 6) is 2.89. The molecule has 0 amide bonds. The molecule has 0 radical (unpaired) electrons. The number of nitrogens with one attached hydrogen (secondary N) is 1. The third kappa shape index (κ3) is 3.36. The van der Waals surface area contributed by atoms with Crippen LogP contribution in [0, 0.1) is 0 Å². The fourth-order valence-corrected chi connectivity index (χ4v) is 2.28. The summed E-state index contributed by atoms with van der Waals surface area (Å²) in [5.41, 5.74) is 0.871. The molecule has 2 aromatic rings. The van der Waals surface area contributed by atoms with Gasteiger partial charge in [0.15, 0.2) is 11.5 Å². The zero-order valence-corrected chi connectivity index (χ0v) is 12.5. The van der Waals surface area contributed by atoms with Gasteiger partial charge in [-0.15, -0.1) is 0 Å². The molecule has 5 nitrogen and oxygen atoms in total. The maximum absolute atomic E-state index is 6.00. The van der Waals surface area contributed by atoms with Crippen molar-refractivity contribution < 1.29 is 9.47 Å². The summed E-state index contributed by atoms with van der Waals surface area (Å²) in [6.45, 7) is 3.33. The third-order valence-electron chi connectivity index (χ3n) is 3.08. The molecular weight excluding hydrogens is 290 g/mol. The van der Waals surface area contributed by atoms with Gasteiger partial charge in [-0.05, 0) is 12.1 Å². The smallest absolute Gasteiger partial charge is 0.163 e. The first-order valence-electron chi connectivity index (χ1n) is 6.95. The highest BCUT2D eigenvalue weighted by Gasteiger charge is 2.11. The Labute approximate surface area is 128 Å². The number of nitrogens with zero attached hydrogens (tertiary/aromatic N) is 2. The standard InChI is InChI=1S/C15H16ClN3O2/c1-2-14-18-13(16)9-15(19-14)17-10-4-5-11-12(8-10)21-7-3-6-20-11/h4-5,8-9H,2-3,6-7H2,1H3,(H,17,18,19). The SMILES string of the molecule is CCc1nc(Cl)cc(Nc2ccc3c(c2)OCCCO3)n1. The van der Waals surface area contributed by atoms with Crippen molar-refractivity contribution in [2.45, 2.75) is 19.8 Å². The number of ether oxygens (including phenoxy) is 2. The van der Waals surface area contributed by atoms with Crippen molar-refractivity contribution in [3.05, 3.63) is 35.2 Å². The Kier molecular flexibility index (Phi) is 4.10. The molecule has 1 aliphatic heterocycles. The van der Waals surface area contributed by atoms with E-state index in [1.54, 1.807) is 6.07 Å². The maximum atomic E-state index is 6.00. The Morgan fingerprint density at radius 2 is 1.95 bits per heavy atom. The van der Waals surface area contributed by atoms with E-state index < -0.39 is 0 Å². The van der Waals surface area contributed by atoms with Crippen LogP contribution in [0.2, 0.25) is 5.15 Å². The van der Waals surface area contributed by atoms with Gasteiger partial charge >= 0.3 is 0 Å². The summed E-state index contributed by atoms with van der Waals surface area (Å²) in [6, 6.07) is 7.42. The molecular formula is C15H16ClN3O2. The van der Waals surface area contributed by atoms with E-state index in [1.165, 1.54) is 0 Å². The minimum absolute atomic E-state index is 0.429. The van der Waals surface area contributed by atoms with Gasteiger partial charge in [0, 0.05) is 30.7 Å². The lowest BCUT2D eigenvalue weighted by molar-refractivity contribution is 0.297. The molecule has 3 rings (SSSR count). The third-order valence-corrected chi connectivity index (χ3v) is 3.27.